The fraction of sp³-hybridized carbons (Fsp3) is 1.00. The van der Waals surface area contributed by atoms with E-state index in [0.29, 0.717) is 0 Å². The van der Waals surface area contributed by atoms with Crippen LogP contribution in [0.3, 0.4) is 0 Å². The molecule has 1 heteroatoms. The fourth-order valence-electron chi connectivity index (χ4n) is 1.93. The van der Waals surface area contributed by atoms with Gasteiger partial charge in [0.05, 0.1) is 0 Å². The Morgan fingerprint density at radius 2 is 1.92 bits per heavy atom. The second-order valence-corrected chi connectivity index (χ2v) is 3.56. The molecule has 0 aromatic carbocycles. The maximum atomic E-state index is 2.47. The molecule has 1 fully saturated rings. The van der Waals surface area contributed by atoms with E-state index < -0.39 is 0 Å². The van der Waals surface area contributed by atoms with Gasteiger partial charge < -0.3 is 4.90 Å². The molecule has 0 spiro atoms. The smallest absolute Gasteiger partial charge is 0.00926 e. The van der Waals surface area contributed by atoms with Crippen LogP contribution in [-0.4, -0.2) is 24.5 Å². The molecule has 0 aromatic heterocycles. The van der Waals surface area contributed by atoms with Crippen molar-refractivity contribution in [1.29, 1.82) is 0 Å². The highest BCUT2D eigenvalue weighted by Crippen LogP contribution is 2.25. The third kappa shape index (κ3) is 3.14. The van der Waals surface area contributed by atoms with Crippen LogP contribution in [0, 0.1) is 5.92 Å². The Bertz CT molecular complexity index is 99.2. The Morgan fingerprint density at radius 3 is 2.25 bits per heavy atom. The van der Waals surface area contributed by atoms with Gasteiger partial charge in [0.2, 0.25) is 0 Å². The molecule has 0 radical (unpaired) electrons. The zero-order valence-corrected chi connectivity index (χ0v) is 9.43. The predicted octanol–water partition coefficient (Wildman–Crippen LogP) is 3.15. The van der Waals surface area contributed by atoms with E-state index >= 15 is 0 Å². The summed E-state index contributed by atoms with van der Waals surface area (Å²) in [4.78, 5) is 2.47. The average Bonchev–Trinajstić information content (AvgIpc) is 2.41. The number of nitrogens with zero attached hydrogens (tertiary/aromatic N) is 1. The van der Waals surface area contributed by atoms with Gasteiger partial charge in [-0.05, 0) is 39.3 Å². The summed E-state index contributed by atoms with van der Waals surface area (Å²) < 4.78 is 0. The van der Waals surface area contributed by atoms with Gasteiger partial charge in [-0.2, -0.15) is 0 Å². The van der Waals surface area contributed by atoms with Crippen molar-refractivity contribution in [2.24, 2.45) is 5.92 Å². The maximum absolute atomic E-state index is 2.47. The quantitative estimate of drug-likeness (QED) is 0.617. The van der Waals surface area contributed by atoms with Gasteiger partial charge in [0.25, 0.3) is 0 Å². The molecule has 2 unspecified atom stereocenters. The van der Waals surface area contributed by atoms with Crippen molar-refractivity contribution in [2.45, 2.75) is 53.0 Å². The van der Waals surface area contributed by atoms with Gasteiger partial charge in [-0.1, -0.05) is 27.2 Å². The van der Waals surface area contributed by atoms with Gasteiger partial charge in [-0.3, -0.25) is 0 Å². The number of hydrogen-bond donors (Lipinski definition) is 0. The summed E-state index contributed by atoms with van der Waals surface area (Å²) in [6.45, 7) is 9.95. The Labute approximate surface area is 78.1 Å². The van der Waals surface area contributed by atoms with Gasteiger partial charge in [-0.25, -0.2) is 0 Å². The molecule has 12 heavy (non-hydrogen) atoms. The van der Waals surface area contributed by atoms with Crippen molar-refractivity contribution in [2.75, 3.05) is 13.6 Å². The highest BCUT2D eigenvalue weighted by Gasteiger charge is 2.26. The summed E-state index contributed by atoms with van der Waals surface area (Å²) >= 11 is 0. The van der Waals surface area contributed by atoms with Crippen LogP contribution in [0.15, 0.2) is 0 Å². The van der Waals surface area contributed by atoms with Gasteiger partial charge in [0.15, 0.2) is 0 Å². The Balaban J connectivity index is 0.000000561. The van der Waals surface area contributed by atoms with Crippen LogP contribution in [0.5, 0.6) is 0 Å². The first-order valence-corrected chi connectivity index (χ1v) is 5.46. The maximum Gasteiger partial charge on any atom is 0.00926 e. The molecule has 0 aromatic rings. The first kappa shape index (κ1) is 12.0. The molecule has 1 saturated heterocycles. The summed E-state index contributed by atoms with van der Waals surface area (Å²) in [5.41, 5.74) is 0. The minimum Gasteiger partial charge on any atom is -0.303 e. The fourth-order valence-corrected chi connectivity index (χ4v) is 1.93. The molecule has 1 aliphatic heterocycles. The van der Waals surface area contributed by atoms with Crippen LogP contribution >= 0.6 is 0 Å². The van der Waals surface area contributed by atoms with E-state index in [-0.39, 0.29) is 0 Å². The molecule has 0 saturated carbocycles. The lowest BCUT2D eigenvalue weighted by Gasteiger charge is -2.19. The van der Waals surface area contributed by atoms with Crippen molar-refractivity contribution in [3.63, 3.8) is 0 Å². The summed E-state index contributed by atoms with van der Waals surface area (Å²) in [5, 5.41) is 0. The predicted molar refractivity (Wildman–Crippen MR) is 56.5 cm³/mol. The van der Waals surface area contributed by atoms with Crippen molar-refractivity contribution in [1.82, 2.24) is 4.90 Å². The van der Waals surface area contributed by atoms with Crippen molar-refractivity contribution >= 4 is 0 Å². The Morgan fingerprint density at radius 1 is 1.33 bits per heavy atom. The van der Waals surface area contributed by atoms with Gasteiger partial charge in [0.1, 0.15) is 0 Å². The Hall–Kier alpha value is -0.0400. The van der Waals surface area contributed by atoms with Crippen LogP contribution in [0.25, 0.3) is 0 Å². The van der Waals surface area contributed by atoms with E-state index in [1.54, 1.807) is 0 Å². The van der Waals surface area contributed by atoms with E-state index in [0.717, 1.165) is 12.0 Å². The lowest BCUT2D eigenvalue weighted by Crippen LogP contribution is -2.25. The zero-order chi connectivity index (χ0) is 9.56. The van der Waals surface area contributed by atoms with Gasteiger partial charge in [0, 0.05) is 6.04 Å². The minimum atomic E-state index is 0.833. The second-order valence-electron chi connectivity index (χ2n) is 3.56. The van der Waals surface area contributed by atoms with Crippen LogP contribution in [-0.2, 0) is 0 Å². The summed E-state index contributed by atoms with van der Waals surface area (Å²) in [7, 11) is 2.24. The molecule has 0 amide bonds. The van der Waals surface area contributed by atoms with Crippen molar-refractivity contribution in [3.05, 3.63) is 0 Å². The molecule has 0 aliphatic carbocycles. The molecule has 1 nitrogen and oxygen atoms in total. The third-order valence-electron chi connectivity index (χ3n) is 2.89. The summed E-state index contributed by atoms with van der Waals surface area (Å²) in [6.07, 6.45) is 4.19. The first-order valence-electron chi connectivity index (χ1n) is 5.46. The minimum absolute atomic E-state index is 0.833. The molecule has 1 heterocycles. The summed E-state index contributed by atoms with van der Waals surface area (Å²) in [6, 6.07) is 0.833. The van der Waals surface area contributed by atoms with E-state index in [4.69, 9.17) is 0 Å². The molecule has 0 bridgehead atoms. The van der Waals surface area contributed by atoms with E-state index in [1.807, 2.05) is 13.8 Å². The molecule has 1 rings (SSSR count). The zero-order valence-electron chi connectivity index (χ0n) is 9.43. The van der Waals surface area contributed by atoms with Crippen molar-refractivity contribution < 1.29 is 0 Å². The largest absolute Gasteiger partial charge is 0.303 e. The highest BCUT2D eigenvalue weighted by molar-refractivity contribution is 4.80. The van der Waals surface area contributed by atoms with E-state index in [1.165, 1.54) is 25.8 Å². The molecule has 0 N–H and O–H groups in total. The van der Waals surface area contributed by atoms with E-state index in [9.17, 15) is 0 Å². The lowest BCUT2D eigenvalue weighted by atomic mass is 9.97. The van der Waals surface area contributed by atoms with Crippen molar-refractivity contribution in [3.8, 4) is 0 Å². The SMILES string of the molecule is CC.CCCC1CCN(C)C1C. The van der Waals surface area contributed by atoms with Crippen LogP contribution in [0.1, 0.15) is 47.0 Å². The Kier molecular flexibility index (Phi) is 6.45. The molecule has 2 atom stereocenters. The molecular weight excluding hydrogens is 146 g/mol. The number of rotatable bonds is 2. The number of likely N-dealkylation sites (tertiary alicyclic amines) is 1. The lowest BCUT2D eigenvalue weighted by molar-refractivity contribution is 0.284. The molecule has 74 valence electrons. The molecule has 1 aliphatic rings. The topological polar surface area (TPSA) is 3.24 Å². The normalized spacial score (nSPS) is 29.8. The molecular formula is C11H25N. The average molecular weight is 171 g/mol. The monoisotopic (exact) mass is 171 g/mol. The van der Waals surface area contributed by atoms with Crippen LogP contribution in [0.2, 0.25) is 0 Å². The number of hydrogen-bond acceptors (Lipinski definition) is 1. The second kappa shape index (κ2) is 6.47. The van der Waals surface area contributed by atoms with Gasteiger partial charge >= 0.3 is 0 Å². The standard InChI is InChI=1S/C9H19N.C2H6/c1-4-5-9-6-7-10(3)8(9)2;1-2/h8-9H,4-7H2,1-3H3;1-2H3. The summed E-state index contributed by atoms with van der Waals surface area (Å²) in [5.74, 6) is 0.981. The van der Waals surface area contributed by atoms with Crippen LogP contribution < -0.4 is 0 Å². The first-order chi connectivity index (χ1) is 5.75. The highest BCUT2D eigenvalue weighted by atomic mass is 15.1. The third-order valence-corrected chi connectivity index (χ3v) is 2.89. The van der Waals surface area contributed by atoms with E-state index in [2.05, 4.69) is 25.8 Å². The van der Waals surface area contributed by atoms with Crippen LogP contribution in [0.4, 0.5) is 0 Å². The van der Waals surface area contributed by atoms with Gasteiger partial charge in [-0.15, -0.1) is 0 Å².